The topological polar surface area (TPSA) is 146 Å². The predicted molar refractivity (Wildman–Crippen MR) is 199 cm³/mol. The molecule has 0 unspecified atom stereocenters. The maximum Gasteiger partial charge on any atom is 0.338 e. The highest BCUT2D eigenvalue weighted by molar-refractivity contribution is 6.87. The maximum absolute atomic E-state index is 12.2. The number of carbonyl (C=O) groups is 2. The Bertz CT molecular complexity index is 1380. The molecule has 12 nitrogen and oxygen atoms in total. The number of hydrogen-bond donors (Lipinski definition) is 3. The Morgan fingerprint density at radius 2 is 1.02 bits per heavy atom. The fraction of sp³-hybridized carbons (Fsp3) is 0.485. The van der Waals surface area contributed by atoms with E-state index in [9.17, 15) is 9.59 Å². The first-order chi connectivity index (χ1) is 22.6. The zero-order valence-corrected chi connectivity index (χ0v) is 32.9. The van der Waals surface area contributed by atoms with Gasteiger partial charge in [0.2, 0.25) is 17.8 Å². The Morgan fingerprint density at radius 3 is 1.40 bits per heavy atom. The average Bonchev–Trinajstić information content (AvgIpc) is 2.99. The second-order valence-electron chi connectivity index (χ2n) is 13.6. The van der Waals surface area contributed by atoms with Crippen LogP contribution in [-0.2, 0) is 17.7 Å². The Balaban J connectivity index is 1.78. The number of benzene rings is 2. The fourth-order valence-electron chi connectivity index (χ4n) is 4.79. The highest BCUT2D eigenvalue weighted by atomic mass is 28.5. The summed E-state index contributed by atoms with van der Waals surface area (Å²) in [4.78, 5) is 38.3. The molecule has 3 rings (SSSR count). The number of aromatic nitrogens is 3. The van der Waals surface area contributed by atoms with Gasteiger partial charge in [0.05, 0.1) is 24.3 Å². The summed E-state index contributed by atoms with van der Waals surface area (Å²) in [5.74, 6) is 0.264. The summed E-state index contributed by atoms with van der Waals surface area (Å²) in [6.07, 6.45) is 2.33. The number of esters is 2. The number of nitrogens with one attached hydrogen (secondary N) is 3. The first-order valence-corrected chi connectivity index (χ1v) is 25.9. The van der Waals surface area contributed by atoms with E-state index in [1.165, 1.54) is 0 Å². The molecule has 262 valence electrons. The number of anilines is 5. The van der Waals surface area contributed by atoms with Crippen LogP contribution in [0.25, 0.3) is 0 Å². The molecule has 2 aromatic carbocycles. The van der Waals surface area contributed by atoms with Gasteiger partial charge >= 0.3 is 20.5 Å². The van der Waals surface area contributed by atoms with Crippen LogP contribution >= 0.6 is 0 Å². The van der Waals surface area contributed by atoms with Crippen molar-refractivity contribution in [2.75, 3.05) is 35.7 Å². The zero-order chi connectivity index (χ0) is 35.4. The van der Waals surface area contributed by atoms with Gasteiger partial charge in [0, 0.05) is 17.9 Å². The lowest BCUT2D eigenvalue weighted by atomic mass is 10.2. The summed E-state index contributed by atoms with van der Waals surface area (Å²) in [7, 11) is -5.98. The van der Waals surface area contributed by atoms with E-state index in [1.54, 1.807) is 48.5 Å². The van der Waals surface area contributed by atoms with Gasteiger partial charge in [0.15, 0.2) is 16.6 Å². The van der Waals surface area contributed by atoms with E-state index in [0.717, 1.165) is 25.3 Å². The van der Waals surface area contributed by atoms with E-state index in [-0.39, 0.29) is 11.9 Å². The number of carbonyl (C=O) groups excluding carboxylic acids is 2. The van der Waals surface area contributed by atoms with Gasteiger partial charge in [-0.1, -0.05) is 13.8 Å². The molecule has 15 heteroatoms. The van der Waals surface area contributed by atoms with E-state index >= 15 is 0 Å². The minimum absolute atomic E-state index is 0.305. The molecule has 0 radical (unpaired) electrons. The molecule has 0 bridgehead atoms. The highest BCUT2D eigenvalue weighted by Crippen LogP contribution is 2.26. The molecular weight excluding hydrogens is 661 g/mol. The smallest absolute Gasteiger partial charge is 0.338 e. The predicted octanol–water partition coefficient (Wildman–Crippen LogP) is 8.07. The molecule has 0 saturated carbocycles. The van der Waals surface area contributed by atoms with Crippen molar-refractivity contribution in [1.82, 2.24) is 15.0 Å². The molecule has 0 aliphatic carbocycles. The minimum atomic E-state index is -2.38. The van der Waals surface area contributed by atoms with Crippen LogP contribution in [0, 0.1) is 0 Å². The molecule has 0 atom stereocenters. The summed E-state index contributed by atoms with van der Waals surface area (Å²) in [6, 6.07) is 14.7. The van der Waals surface area contributed by atoms with Gasteiger partial charge in [-0.05, 0) is 120 Å². The molecule has 1 heterocycles. The van der Waals surface area contributed by atoms with Gasteiger partial charge in [0.1, 0.15) is 0 Å². The third-order valence-electron chi connectivity index (χ3n) is 6.40. The SMILES string of the molecule is CCCOC(=O)c1ccc(Nc2nc(NCCC[Si](C)(O[Si](C)(C)C)O[Si](C)(C)C)nc(Nc3ccc(C(=O)OCCC)cc3)n2)cc1. The van der Waals surface area contributed by atoms with Crippen LogP contribution in [0.4, 0.5) is 29.2 Å². The van der Waals surface area contributed by atoms with Crippen LogP contribution in [0.2, 0.25) is 51.9 Å². The van der Waals surface area contributed by atoms with Crippen molar-refractivity contribution in [2.45, 2.75) is 85.0 Å². The van der Waals surface area contributed by atoms with Crippen molar-refractivity contribution in [1.29, 1.82) is 0 Å². The number of rotatable bonds is 19. The van der Waals surface area contributed by atoms with E-state index in [4.69, 9.17) is 17.7 Å². The molecule has 3 aromatic rings. The van der Waals surface area contributed by atoms with E-state index in [0.29, 0.717) is 60.1 Å². The molecule has 3 N–H and O–H groups in total. The molecule has 0 saturated heterocycles. The maximum atomic E-state index is 12.2. The van der Waals surface area contributed by atoms with Crippen molar-refractivity contribution in [3.05, 3.63) is 59.7 Å². The number of hydrogen-bond acceptors (Lipinski definition) is 12. The lowest BCUT2D eigenvalue weighted by molar-refractivity contribution is 0.0496. The first kappa shape index (κ1) is 38.8. The van der Waals surface area contributed by atoms with Gasteiger partial charge in [-0.15, -0.1) is 0 Å². The lowest BCUT2D eigenvalue weighted by Crippen LogP contribution is -2.52. The summed E-state index contributed by atoms with van der Waals surface area (Å²) >= 11 is 0. The summed E-state index contributed by atoms with van der Waals surface area (Å²) in [5.41, 5.74) is 2.30. The molecule has 1 aromatic heterocycles. The second-order valence-corrected chi connectivity index (χ2v) is 26.4. The van der Waals surface area contributed by atoms with Crippen LogP contribution in [0.15, 0.2) is 48.5 Å². The first-order valence-electron chi connectivity index (χ1n) is 16.6. The van der Waals surface area contributed by atoms with E-state index in [2.05, 4.69) is 76.7 Å². The second kappa shape index (κ2) is 17.7. The summed E-state index contributed by atoms with van der Waals surface area (Å²) in [6.45, 7) is 20.7. The average molecular weight is 713 g/mol. The summed E-state index contributed by atoms with van der Waals surface area (Å²) < 4.78 is 23.8. The normalized spacial score (nSPS) is 11.9. The van der Waals surface area contributed by atoms with Crippen molar-refractivity contribution in [3.8, 4) is 0 Å². The molecule has 0 spiro atoms. The largest absolute Gasteiger partial charge is 0.462 e. The van der Waals surface area contributed by atoms with E-state index in [1.807, 2.05) is 13.8 Å². The van der Waals surface area contributed by atoms with E-state index < -0.39 is 25.2 Å². The fourth-order valence-corrected chi connectivity index (χ4v) is 17.3. The Labute approximate surface area is 288 Å². The third kappa shape index (κ3) is 13.8. The Morgan fingerprint density at radius 1 is 0.625 bits per heavy atom. The van der Waals surface area contributed by atoms with Crippen LogP contribution in [0.5, 0.6) is 0 Å². The quantitative estimate of drug-likeness (QED) is 0.0628. The standard InChI is InChI=1S/C33H52N6O6Si3/c1-10-22-42-29(40)25-13-17-27(18-14-25)35-32-37-31(34-21-12-24-48(9,44-46(3,4)5)45-47(6,7)8)38-33(39-32)36-28-19-15-26(16-20-28)30(41)43-23-11-2/h13-20H,10-12,21-24H2,1-9H3,(H3,34,35,36,37,38,39). The van der Waals surface area contributed by atoms with Crippen LogP contribution in [-0.4, -0.2) is 71.8 Å². The van der Waals surface area contributed by atoms with Crippen LogP contribution < -0.4 is 16.0 Å². The zero-order valence-electron chi connectivity index (χ0n) is 29.9. The number of nitrogens with zero attached hydrogens (tertiary/aromatic N) is 3. The van der Waals surface area contributed by atoms with Crippen molar-refractivity contribution < 1.29 is 27.3 Å². The molecule has 0 amide bonds. The summed E-state index contributed by atoms with van der Waals surface area (Å²) in [5, 5.41) is 9.77. The molecule has 0 aliphatic rings. The lowest BCUT2D eigenvalue weighted by Gasteiger charge is -2.38. The van der Waals surface area contributed by atoms with Crippen LogP contribution in [0.3, 0.4) is 0 Å². The molecule has 0 fully saturated rings. The third-order valence-corrected chi connectivity index (χ3v) is 16.0. The van der Waals surface area contributed by atoms with Gasteiger partial charge in [-0.3, -0.25) is 0 Å². The minimum Gasteiger partial charge on any atom is -0.462 e. The van der Waals surface area contributed by atoms with Crippen molar-refractivity contribution in [3.63, 3.8) is 0 Å². The van der Waals surface area contributed by atoms with Gasteiger partial charge in [-0.25, -0.2) is 9.59 Å². The monoisotopic (exact) mass is 712 g/mol. The van der Waals surface area contributed by atoms with Gasteiger partial charge in [0.25, 0.3) is 0 Å². The van der Waals surface area contributed by atoms with Crippen molar-refractivity contribution in [2.24, 2.45) is 0 Å². The highest BCUT2D eigenvalue weighted by Gasteiger charge is 2.39. The van der Waals surface area contributed by atoms with Gasteiger partial charge in [-0.2, -0.15) is 15.0 Å². The van der Waals surface area contributed by atoms with Gasteiger partial charge < -0.3 is 33.7 Å². The molecular formula is C33H52N6O6Si3. The molecule has 0 aliphatic heterocycles. The number of ether oxygens (including phenoxy) is 2. The van der Waals surface area contributed by atoms with Crippen molar-refractivity contribution >= 4 is 66.4 Å². The molecule has 48 heavy (non-hydrogen) atoms. The van der Waals surface area contributed by atoms with Crippen LogP contribution in [0.1, 0.15) is 53.8 Å². The Kier molecular flexibility index (Phi) is 14.3. The Hall–Kier alpha value is -3.64.